The van der Waals surface area contributed by atoms with Crippen LogP contribution in [0, 0.1) is 34.5 Å². The van der Waals surface area contributed by atoms with Gasteiger partial charge < -0.3 is 15.4 Å². The first-order valence-corrected chi connectivity index (χ1v) is 9.48. The second-order valence-corrected chi connectivity index (χ2v) is 9.28. The van der Waals surface area contributed by atoms with E-state index in [1.165, 1.54) is 19.3 Å². The fourth-order valence-corrected chi connectivity index (χ4v) is 7.22. The fourth-order valence-electron chi connectivity index (χ4n) is 7.22. The third-order valence-corrected chi connectivity index (χ3v) is 8.51. The molecule has 4 saturated carbocycles. The molecule has 4 fully saturated rings. The van der Waals surface area contributed by atoms with Gasteiger partial charge >= 0.3 is 0 Å². The van der Waals surface area contributed by atoms with Gasteiger partial charge in [0, 0.05) is 5.41 Å². The Morgan fingerprint density at radius 3 is 2.48 bits per heavy atom. The van der Waals surface area contributed by atoms with Crippen molar-refractivity contribution in [1.29, 1.82) is 0 Å². The monoisotopic (exact) mass is 321 g/mol. The van der Waals surface area contributed by atoms with Gasteiger partial charge in [-0.05, 0) is 80.5 Å². The summed E-state index contributed by atoms with van der Waals surface area (Å²) >= 11 is 0. The number of rotatable bonds is 0. The quantitative estimate of drug-likeness (QED) is 0.474. The largest absolute Gasteiger partial charge is 0.411 e. The second-order valence-electron chi connectivity index (χ2n) is 9.28. The Kier molecular flexibility index (Phi) is 3.59. The van der Waals surface area contributed by atoms with Gasteiger partial charge in [-0.25, -0.2) is 0 Å². The van der Waals surface area contributed by atoms with Crippen molar-refractivity contribution in [2.24, 2.45) is 39.7 Å². The summed E-state index contributed by atoms with van der Waals surface area (Å²) in [7, 11) is 0. The molecule has 1 unspecified atom stereocenters. The van der Waals surface area contributed by atoms with E-state index in [4.69, 9.17) is 0 Å². The van der Waals surface area contributed by atoms with Crippen LogP contribution in [0.2, 0.25) is 0 Å². The molecular formula is C19H31NO3. The summed E-state index contributed by atoms with van der Waals surface area (Å²) in [5, 5.41) is 33.4. The minimum Gasteiger partial charge on any atom is -0.411 e. The van der Waals surface area contributed by atoms with Crippen molar-refractivity contribution in [3.63, 3.8) is 0 Å². The predicted octanol–water partition coefficient (Wildman–Crippen LogP) is 3.19. The molecule has 4 rings (SSSR count). The first kappa shape index (κ1) is 15.9. The van der Waals surface area contributed by atoms with E-state index in [-0.39, 0.29) is 11.5 Å². The molecule has 4 heteroatoms. The second kappa shape index (κ2) is 5.19. The highest BCUT2D eigenvalue weighted by molar-refractivity contribution is 5.95. The van der Waals surface area contributed by atoms with E-state index in [1.54, 1.807) is 0 Å². The van der Waals surface area contributed by atoms with E-state index in [2.05, 4.69) is 19.0 Å². The van der Waals surface area contributed by atoms with Crippen molar-refractivity contribution < 1.29 is 15.4 Å². The summed E-state index contributed by atoms with van der Waals surface area (Å²) in [4.78, 5) is 0. The summed E-state index contributed by atoms with van der Waals surface area (Å²) in [6.45, 7) is 4.67. The van der Waals surface area contributed by atoms with Crippen LogP contribution in [0.5, 0.6) is 0 Å². The van der Waals surface area contributed by atoms with Gasteiger partial charge in [0.25, 0.3) is 0 Å². The summed E-state index contributed by atoms with van der Waals surface area (Å²) in [5.41, 5.74) is 0.868. The lowest BCUT2D eigenvalue weighted by atomic mass is 9.45. The number of hydrogen-bond donors (Lipinski definition) is 3. The third-order valence-electron chi connectivity index (χ3n) is 8.51. The predicted molar refractivity (Wildman–Crippen MR) is 88.3 cm³/mol. The van der Waals surface area contributed by atoms with Gasteiger partial charge in [0.05, 0.1) is 17.9 Å². The maximum Gasteiger partial charge on any atom is 0.0963 e. The Morgan fingerprint density at radius 2 is 1.74 bits per heavy atom. The van der Waals surface area contributed by atoms with Crippen LogP contribution in [-0.2, 0) is 0 Å². The summed E-state index contributed by atoms with van der Waals surface area (Å²) in [5.74, 6) is 2.46. The fraction of sp³-hybridized carbons (Fsp3) is 0.947. The van der Waals surface area contributed by atoms with Crippen molar-refractivity contribution in [3.8, 4) is 0 Å². The highest BCUT2D eigenvalue weighted by Gasteiger charge is 2.61. The van der Waals surface area contributed by atoms with E-state index in [0.717, 1.165) is 32.1 Å². The number of fused-ring (bicyclic) bond motifs is 5. The van der Waals surface area contributed by atoms with Crippen molar-refractivity contribution in [2.45, 2.75) is 77.4 Å². The molecule has 0 heterocycles. The average Bonchev–Trinajstić information content (AvgIpc) is 2.77. The van der Waals surface area contributed by atoms with Crippen LogP contribution < -0.4 is 0 Å². The molecule has 0 aromatic rings. The lowest BCUT2D eigenvalue weighted by Crippen LogP contribution is -2.54. The molecule has 0 aromatic heterocycles. The SMILES string of the molecule is C[C@]12CC[C@H](O)CC1CC[C@@H]1[C@@H]2CC[C@]2(C)C(=NO)[C@@H](O)C[C@@H]12. The molecule has 3 N–H and O–H groups in total. The van der Waals surface area contributed by atoms with Crippen molar-refractivity contribution >= 4 is 5.71 Å². The molecule has 0 radical (unpaired) electrons. The van der Waals surface area contributed by atoms with Crippen LogP contribution in [0.25, 0.3) is 0 Å². The lowest BCUT2D eigenvalue weighted by molar-refractivity contribution is -0.114. The van der Waals surface area contributed by atoms with Crippen molar-refractivity contribution in [2.75, 3.05) is 0 Å². The number of oxime groups is 1. The smallest absolute Gasteiger partial charge is 0.0963 e. The Balaban J connectivity index is 1.65. The number of hydrogen-bond acceptors (Lipinski definition) is 4. The van der Waals surface area contributed by atoms with Gasteiger partial charge in [-0.2, -0.15) is 0 Å². The van der Waals surface area contributed by atoms with Gasteiger partial charge in [0.1, 0.15) is 0 Å². The Morgan fingerprint density at radius 1 is 0.957 bits per heavy atom. The molecule has 0 bridgehead atoms. The standard InChI is InChI=1S/C19H31NO3/c1-18-7-5-12(21)9-11(18)3-4-13-14(18)6-8-19(2)15(13)10-16(22)17(19)20-23/h11-16,21-23H,3-10H2,1-2H3/t11?,12-,13+,14-,15-,16-,18-,19-/m0/s1. The van der Waals surface area contributed by atoms with Crippen LogP contribution >= 0.6 is 0 Å². The van der Waals surface area contributed by atoms with E-state index in [0.29, 0.717) is 34.8 Å². The lowest BCUT2D eigenvalue weighted by Gasteiger charge is -2.60. The zero-order valence-corrected chi connectivity index (χ0v) is 14.4. The maximum absolute atomic E-state index is 10.4. The Labute approximate surface area is 139 Å². The molecule has 4 aliphatic carbocycles. The van der Waals surface area contributed by atoms with E-state index >= 15 is 0 Å². The molecule has 0 amide bonds. The van der Waals surface area contributed by atoms with Crippen LogP contribution in [0.3, 0.4) is 0 Å². The summed E-state index contributed by atoms with van der Waals surface area (Å²) in [6, 6.07) is 0. The molecule has 23 heavy (non-hydrogen) atoms. The van der Waals surface area contributed by atoms with E-state index < -0.39 is 6.10 Å². The molecule has 4 aliphatic rings. The van der Waals surface area contributed by atoms with Gasteiger partial charge in [0.2, 0.25) is 0 Å². The number of aliphatic hydroxyl groups excluding tert-OH is 2. The van der Waals surface area contributed by atoms with Gasteiger partial charge in [-0.15, -0.1) is 0 Å². The molecule has 8 atom stereocenters. The van der Waals surface area contributed by atoms with Crippen molar-refractivity contribution in [3.05, 3.63) is 0 Å². The normalized spacial score (nSPS) is 57.7. The third kappa shape index (κ3) is 2.07. The van der Waals surface area contributed by atoms with E-state index in [1.807, 2.05) is 0 Å². The first-order chi connectivity index (χ1) is 10.9. The van der Waals surface area contributed by atoms with Gasteiger partial charge in [0.15, 0.2) is 0 Å². The topological polar surface area (TPSA) is 73.1 Å². The number of nitrogens with zero attached hydrogens (tertiary/aromatic N) is 1. The molecule has 4 nitrogen and oxygen atoms in total. The van der Waals surface area contributed by atoms with Crippen LogP contribution in [0.1, 0.15) is 65.2 Å². The minimum absolute atomic E-state index is 0.0973. The maximum atomic E-state index is 10.4. The molecule has 0 aliphatic heterocycles. The van der Waals surface area contributed by atoms with Gasteiger partial charge in [-0.1, -0.05) is 19.0 Å². The molecule has 130 valence electrons. The molecule has 0 aromatic carbocycles. The Hall–Kier alpha value is -0.610. The zero-order valence-electron chi connectivity index (χ0n) is 14.4. The molecule has 0 saturated heterocycles. The average molecular weight is 321 g/mol. The Bertz CT molecular complexity index is 521. The molecular weight excluding hydrogens is 290 g/mol. The van der Waals surface area contributed by atoms with Crippen LogP contribution in [-0.4, -0.2) is 33.3 Å². The summed E-state index contributed by atoms with van der Waals surface area (Å²) in [6.07, 6.45) is 7.80. The van der Waals surface area contributed by atoms with E-state index in [9.17, 15) is 15.4 Å². The summed E-state index contributed by atoms with van der Waals surface area (Å²) < 4.78 is 0. The van der Waals surface area contributed by atoms with Crippen LogP contribution in [0.4, 0.5) is 0 Å². The number of aliphatic hydroxyl groups is 2. The minimum atomic E-state index is -0.563. The van der Waals surface area contributed by atoms with Gasteiger partial charge in [-0.3, -0.25) is 0 Å². The highest BCUT2D eigenvalue weighted by Crippen LogP contribution is 2.65. The van der Waals surface area contributed by atoms with Crippen LogP contribution in [0.15, 0.2) is 5.16 Å². The highest BCUT2D eigenvalue weighted by atomic mass is 16.4. The first-order valence-electron chi connectivity index (χ1n) is 9.48. The van der Waals surface area contributed by atoms with Crippen molar-refractivity contribution in [1.82, 2.24) is 0 Å². The molecule has 0 spiro atoms. The zero-order chi connectivity index (χ0) is 16.4.